The molecular formula is C9H12ClN3. The molecule has 1 rings (SSSR count). The maximum absolute atomic E-state index is 5.50. The van der Waals surface area contributed by atoms with Gasteiger partial charge < -0.3 is 4.90 Å². The number of rotatable bonds is 3. The molecule has 0 amide bonds. The molecule has 0 atom stereocenters. The highest BCUT2D eigenvalue weighted by molar-refractivity contribution is 6.19. The molecule has 1 heterocycles. The molecule has 70 valence electrons. The highest BCUT2D eigenvalue weighted by Crippen LogP contribution is 2.04. The van der Waals surface area contributed by atoms with Gasteiger partial charge in [-0.3, -0.25) is 0 Å². The van der Waals surface area contributed by atoms with Gasteiger partial charge in [-0.15, -0.1) is 11.6 Å². The Hall–Kier alpha value is -1.09. The molecule has 13 heavy (non-hydrogen) atoms. The zero-order valence-corrected chi connectivity index (χ0v) is 8.49. The number of allylic oxidation sites excluding steroid dienone is 1. The summed E-state index contributed by atoms with van der Waals surface area (Å²) in [6, 6.07) is 0. The average Bonchev–Trinajstić information content (AvgIpc) is 2.15. The Morgan fingerprint density at radius 3 is 2.46 bits per heavy atom. The van der Waals surface area contributed by atoms with E-state index in [1.165, 1.54) is 0 Å². The molecule has 0 N–H and O–H groups in total. The summed E-state index contributed by atoms with van der Waals surface area (Å²) in [5.41, 5.74) is 0.964. The average molecular weight is 198 g/mol. The molecule has 0 fully saturated rings. The van der Waals surface area contributed by atoms with Crippen LogP contribution >= 0.6 is 11.6 Å². The van der Waals surface area contributed by atoms with Gasteiger partial charge >= 0.3 is 0 Å². The van der Waals surface area contributed by atoms with Gasteiger partial charge in [-0.25, -0.2) is 9.97 Å². The Morgan fingerprint density at radius 2 is 2.00 bits per heavy atom. The first kappa shape index (κ1) is 9.99. The van der Waals surface area contributed by atoms with Crippen molar-refractivity contribution in [3.8, 4) is 0 Å². The summed E-state index contributed by atoms with van der Waals surface area (Å²) in [7, 11) is 3.81. The van der Waals surface area contributed by atoms with Crippen LogP contribution in [-0.4, -0.2) is 29.9 Å². The molecular weight excluding hydrogens is 186 g/mol. The fraction of sp³-hybridized carbons (Fsp3) is 0.333. The van der Waals surface area contributed by atoms with E-state index in [0.29, 0.717) is 11.8 Å². The third-order valence-electron chi connectivity index (χ3n) is 1.46. The minimum Gasteiger partial charge on any atom is -0.347 e. The van der Waals surface area contributed by atoms with Crippen molar-refractivity contribution in [3.05, 3.63) is 24.0 Å². The minimum atomic E-state index is 0.509. The van der Waals surface area contributed by atoms with E-state index in [1.54, 1.807) is 12.4 Å². The molecule has 1 aromatic heterocycles. The Bertz CT molecular complexity index is 279. The van der Waals surface area contributed by atoms with E-state index in [0.717, 1.165) is 5.56 Å². The lowest BCUT2D eigenvalue weighted by Gasteiger charge is -2.08. The number of hydrogen-bond acceptors (Lipinski definition) is 3. The topological polar surface area (TPSA) is 29.0 Å². The van der Waals surface area contributed by atoms with Crippen LogP contribution in [0.25, 0.3) is 6.08 Å². The summed E-state index contributed by atoms with van der Waals surface area (Å²) < 4.78 is 0. The van der Waals surface area contributed by atoms with E-state index in [-0.39, 0.29) is 0 Å². The molecule has 0 saturated carbocycles. The second kappa shape index (κ2) is 4.82. The van der Waals surface area contributed by atoms with Crippen LogP contribution < -0.4 is 4.90 Å². The summed E-state index contributed by atoms with van der Waals surface area (Å²) in [6.07, 6.45) is 7.29. The normalized spacial score (nSPS) is 10.7. The van der Waals surface area contributed by atoms with Gasteiger partial charge in [-0.1, -0.05) is 12.2 Å². The van der Waals surface area contributed by atoms with Crippen LogP contribution in [0.5, 0.6) is 0 Å². The first-order chi connectivity index (χ1) is 6.24. The molecule has 0 spiro atoms. The third kappa shape index (κ3) is 3.03. The standard InChI is InChI=1S/C9H12ClN3/c1-13(2)9-11-6-8(7-12-9)4-3-5-10/h3-4,6-7H,5H2,1-2H3. The maximum Gasteiger partial charge on any atom is 0.224 e. The van der Waals surface area contributed by atoms with Crippen LogP contribution in [0, 0.1) is 0 Å². The lowest BCUT2D eigenvalue weighted by atomic mass is 10.3. The van der Waals surface area contributed by atoms with Crippen molar-refractivity contribution < 1.29 is 0 Å². The van der Waals surface area contributed by atoms with Crippen molar-refractivity contribution in [1.29, 1.82) is 0 Å². The smallest absolute Gasteiger partial charge is 0.224 e. The van der Waals surface area contributed by atoms with Gasteiger partial charge in [-0.05, 0) is 0 Å². The first-order valence-corrected chi connectivity index (χ1v) is 4.49. The monoisotopic (exact) mass is 197 g/mol. The summed E-state index contributed by atoms with van der Waals surface area (Å²) >= 11 is 5.50. The summed E-state index contributed by atoms with van der Waals surface area (Å²) in [5, 5.41) is 0. The highest BCUT2D eigenvalue weighted by Gasteiger charge is 1.96. The fourth-order valence-corrected chi connectivity index (χ4v) is 0.918. The quantitative estimate of drug-likeness (QED) is 0.692. The number of hydrogen-bond donors (Lipinski definition) is 0. The molecule has 0 saturated heterocycles. The molecule has 0 unspecified atom stereocenters. The van der Waals surface area contributed by atoms with Gasteiger partial charge in [-0.2, -0.15) is 0 Å². The molecule has 3 nitrogen and oxygen atoms in total. The highest BCUT2D eigenvalue weighted by atomic mass is 35.5. The lowest BCUT2D eigenvalue weighted by molar-refractivity contribution is 0.996. The second-order valence-corrected chi connectivity index (χ2v) is 3.08. The third-order valence-corrected chi connectivity index (χ3v) is 1.64. The Balaban J connectivity index is 2.75. The van der Waals surface area contributed by atoms with E-state index in [4.69, 9.17) is 11.6 Å². The van der Waals surface area contributed by atoms with Crippen molar-refractivity contribution >= 4 is 23.6 Å². The predicted octanol–water partition coefficient (Wildman–Crippen LogP) is 1.79. The zero-order chi connectivity index (χ0) is 9.68. The van der Waals surface area contributed by atoms with Crippen molar-refractivity contribution in [1.82, 2.24) is 9.97 Å². The number of halogens is 1. The van der Waals surface area contributed by atoms with Crippen molar-refractivity contribution in [2.45, 2.75) is 0 Å². The van der Waals surface area contributed by atoms with Crippen LogP contribution in [0.3, 0.4) is 0 Å². The zero-order valence-electron chi connectivity index (χ0n) is 7.74. The first-order valence-electron chi connectivity index (χ1n) is 3.96. The van der Waals surface area contributed by atoms with Crippen LogP contribution in [0.1, 0.15) is 5.56 Å². The van der Waals surface area contributed by atoms with Gasteiger partial charge in [0.1, 0.15) is 0 Å². The number of alkyl halides is 1. The predicted molar refractivity (Wildman–Crippen MR) is 56.1 cm³/mol. The minimum absolute atomic E-state index is 0.509. The Morgan fingerprint density at radius 1 is 1.38 bits per heavy atom. The molecule has 0 bridgehead atoms. The second-order valence-electron chi connectivity index (χ2n) is 2.77. The summed E-state index contributed by atoms with van der Waals surface area (Å²) in [6.45, 7) is 0. The summed E-state index contributed by atoms with van der Waals surface area (Å²) in [5.74, 6) is 1.22. The molecule has 4 heteroatoms. The molecule has 0 radical (unpaired) electrons. The van der Waals surface area contributed by atoms with Gasteiger partial charge in [0.2, 0.25) is 5.95 Å². The SMILES string of the molecule is CN(C)c1ncc(C=CCCl)cn1. The van der Waals surface area contributed by atoms with E-state index < -0.39 is 0 Å². The Labute approximate surface area is 83.1 Å². The number of aromatic nitrogens is 2. The van der Waals surface area contributed by atoms with Gasteiger partial charge in [0, 0.05) is 37.9 Å². The fourth-order valence-electron chi connectivity index (χ4n) is 0.829. The Kier molecular flexibility index (Phi) is 3.71. The van der Waals surface area contributed by atoms with Crippen molar-refractivity contribution in [2.75, 3.05) is 24.9 Å². The maximum atomic E-state index is 5.50. The van der Waals surface area contributed by atoms with E-state index in [2.05, 4.69) is 9.97 Å². The molecule has 0 aliphatic heterocycles. The number of anilines is 1. The molecule has 0 aliphatic carbocycles. The van der Waals surface area contributed by atoms with Crippen LogP contribution in [0.2, 0.25) is 0 Å². The van der Waals surface area contributed by atoms with Gasteiger partial charge in [0.05, 0.1) is 0 Å². The summed E-state index contributed by atoms with van der Waals surface area (Å²) in [4.78, 5) is 10.2. The molecule has 0 aromatic carbocycles. The lowest BCUT2D eigenvalue weighted by Crippen LogP contribution is -2.12. The molecule has 0 aliphatic rings. The van der Waals surface area contributed by atoms with E-state index >= 15 is 0 Å². The van der Waals surface area contributed by atoms with Crippen LogP contribution in [0.15, 0.2) is 18.5 Å². The van der Waals surface area contributed by atoms with Crippen molar-refractivity contribution in [3.63, 3.8) is 0 Å². The van der Waals surface area contributed by atoms with E-state index in [1.807, 2.05) is 31.1 Å². The van der Waals surface area contributed by atoms with Gasteiger partial charge in [0.25, 0.3) is 0 Å². The van der Waals surface area contributed by atoms with E-state index in [9.17, 15) is 0 Å². The molecule has 1 aromatic rings. The van der Waals surface area contributed by atoms with Crippen LogP contribution in [0.4, 0.5) is 5.95 Å². The van der Waals surface area contributed by atoms with Crippen LogP contribution in [-0.2, 0) is 0 Å². The largest absolute Gasteiger partial charge is 0.347 e. The number of nitrogens with zero attached hydrogens (tertiary/aromatic N) is 3. The van der Waals surface area contributed by atoms with Gasteiger partial charge in [0.15, 0.2) is 0 Å². The van der Waals surface area contributed by atoms with Crippen molar-refractivity contribution in [2.24, 2.45) is 0 Å².